The summed E-state index contributed by atoms with van der Waals surface area (Å²) in [4.78, 5) is 38.6. The minimum atomic E-state index is -4.73. The molecule has 20 heteroatoms. The Labute approximate surface area is 391 Å². The molecule has 3 N–H and O–H groups in total. The summed E-state index contributed by atoms with van der Waals surface area (Å²) >= 11 is 6.25. The van der Waals surface area contributed by atoms with Gasteiger partial charge in [-0.25, -0.2) is 13.1 Å². The van der Waals surface area contributed by atoms with Crippen LogP contribution in [-0.4, -0.2) is 112 Å². The zero-order valence-electron chi connectivity index (χ0n) is 37.0. The molecule has 1 amide bonds. The smallest absolute Gasteiger partial charge is 0.400 e. The van der Waals surface area contributed by atoms with Crippen molar-refractivity contribution in [2.24, 2.45) is 5.41 Å². The number of aromatic amines is 1. The van der Waals surface area contributed by atoms with E-state index in [1.54, 1.807) is 30.5 Å². The van der Waals surface area contributed by atoms with Crippen molar-refractivity contribution in [1.29, 1.82) is 0 Å². The number of allylic oxidation sites excluding steroid dienone is 1. The number of carbonyl (C=O) groups excluding carboxylic acids is 1. The van der Waals surface area contributed by atoms with Gasteiger partial charge in [0, 0.05) is 74.2 Å². The molecule has 1 unspecified atom stereocenters. The topological polar surface area (TPSA) is 185 Å². The lowest BCUT2D eigenvalue weighted by atomic mass is 9.72. The molecule has 0 saturated carbocycles. The fourth-order valence-electron chi connectivity index (χ4n) is 9.15. The summed E-state index contributed by atoms with van der Waals surface area (Å²) in [5.74, 6) is -1.46. The largest absolute Gasteiger partial charge is 0.412 e. The Morgan fingerprint density at radius 3 is 2.52 bits per heavy atom. The monoisotopic (exact) mass is 960 g/mol. The van der Waals surface area contributed by atoms with Crippen LogP contribution in [0.3, 0.4) is 0 Å². The van der Waals surface area contributed by atoms with Gasteiger partial charge in [-0.05, 0) is 90.4 Å². The average Bonchev–Trinajstić information content (AvgIpc) is 3.71. The number of benzene rings is 3. The normalized spacial score (nSPS) is 19.9. The number of pyridine rings is 1. The Hall–Kier alpha value is -5.86. The number of H-pyrrole nitrogens is 1. The summed E-state index contributed by atoms with van der Waals surface area (Å²) in [7, 11) is -4.73. The highest BCUT2D eigenvalue weighted by Gasteiger charge is 2.40. The predicted molar refractivity (Wildman–Crippen MR) is 251 cm³/mol. The maximum Gasteiger partial charge on any atom is 0.400 e. The molecule has 16 nitrogen and oxygen atoms in total. The van der Waals surface area contributed by atoms with Gasteiger partial charge in [0.05, 0.1) is 53.4 Å². The van der Waals surface area contributed by atoms with Gasteiger partial charge in [0.1, 0.15) is 17.0 Å². The first kappa shape index (κ1) is 46.3. The molecule has 2 aromatic heterocycles. The highest BCUT2D eigenvalue weighted by Crippen LogP contribution is 2.45. The highest BCUT2D eigenvalue weighted by atomic mass is 35.5. The summed E-state index contributed by atoms with van der Waals surface area (Å²) in [6.07, 6.45) is -0.125. The second kappa shape index (κ2) is 18.7. The Morgan fingerprint density at radius 1 is 0.985 bits per heavy atom. The number of alkyl halides is 2. The molecule has 1 aliphatic carbocycles. The van der Waals surface area contributed by atoms with Crippen LogP contribution in [0.2, 0.25) is 5.02 Å². The Bertz CT molecular complexity index is 2830. The number of rotatable bonds is 12. The third-order valence-corrected chi connectivity index (χ3v) is 14.4. The summed E-state index contributed by atoms with van der Waals surface area (Å²) in [5, 5.41) is 16.4. The molecule has 3 aromatic carbocycles. The summed E-state index contributed by atoms with van der Waals surface area (Å²) in [6, 6.07) is 19.5. The lowest BCUT2D eigenvalue weighted by molar-refractivity contribution is -0.384. The third-order valence-electron chi connectivity index (χ3n) is 12.8. The van der Waals surface area contributed by atoms with Crippen molar-refractivity contribution < 1.29 is 41.1 Å². The molecule has 0 radical (unpaired) electrons. The van der Waals surface area contributed by atoms with E-state index in [2.05, 4.69) is 55.8 Å². The van der Waals surface area contributed by atoms with Crippen LogP contribution in [0.15, 0.2) is 89.5 Å². The SMILES string of the molecule is CC1(C)CCC(CN2CCN(c3ccc(C(=O)NS(=O)(=O)c4ccc(NCC5COCCO5)c([N+](=O)[O-])c4)c(N4CCC(F)(F)Oc5nc6[nH]ccc6cc54)c3)CC2)=C(c2ccc(Cl)cc2)C1. The van der Waals surface area contributed by atoms with Gasteiger partial charge >= 0.3 is 6.11 Å². The van der Waals surface area contributed by atoms with Crippen LogP contribution in [0, 0.1) is 15.5 Å². The number of carbonyl (C=O) groups is 1. The molecule has 2 saturated heterocycles. The number of ether oxygens (including phenoxy) is 3. The van der Waals surface area contributed by atoms with Crippen LogP contribution in [0.5, 0.6) is 5.88 Å². The van der Waals surface area contributed by atoms with E-state index in [1.807, 2.05) is 12.1 Å². The van der Waals surface area contributed by atoms with Crippen molar-refractivity contribution in [1.82, 2.24) is 19.6 Å². The van der Waals surface area contributed by atoms with E-state index in [1.165, 1.54) is 33.7 Å². The molecular formula is C47H51ClF2N8O8S. The van der Waals surface area contributed by atoms with Gasteiger partial charge in [-0.3, -0.25) is 19.8 Å². The number of nitro benzene ring substituents is 1. The lowest BCUT2D eigenvalue weighted by Gasteiger charge is -2.39. The first-order valence-corrected chi connectivity index (χ1v) is 24.1. The lowest BCUT2D eigenvalue weighted by Crippen LogP contribution is -2.47. The molecule has 1 atom stereocenters. The molecule has 9 rings (SSSR count). The maximum absolute atomic E-state index is 15.3. The van der Waals surface area contributed by atoms with Crippen LogP contribution >= 0.6 is 11.6 Å². The molecule has 0 bridgehead atoms. The van der Waals surface area contributed by atoms with Gasteiger partial charge in [0.15, 0.2) is 0 Å². The number of amides is 1. The fraction of sp³-hybridized carbons (Fsp3) is 0.404. The summed E-state index contributed by atoms with van der Waals surface area (Å²) in [6.45, 7) is 9.03. The number of anilines is 4. The standard InChI is InChI=1S/C47H51ClF2N8O8S/c1-46(2)13-11-32(38(26-46)30-3-5-33(48)6-4-30)28-55-17-19-56(20-18-55)34-7-9-37(40(24-34)57-16-14-47(49,50)66-45-42(57)23-31-12-15-51-43(31)53-45)44(59)54-67(62,63)36-8-10-39(41(25-36)58(60)61)52-27-35-29-64-21-22-65-35/h3-10,12,15,23-25,35,52H,11,13-14,16-22,26-29H2,1-2H3,(H,51,53)(H,54,59). The van der Waals surface area contributed by atoms with Gasteiger partial charge in [-0.15, -0.1) is 0 Å². The third kappa shape index (κ3) is 10.4. The van der Waals surface area contributed by atoms with Crippen LogP contribution in [0.4, 0.5) is 37.2 Å². The molecular weight excluding hydrogens is 910 g/mol. The number of sulfonamides is 1. The van der Waals surface area contributed by atoms with E-state index >= 15 is 8.78 Å². The van der Waals surface area contributed by atoms with Crippen molar-refractivity contribution in [3.8, 4) is 5.88 Å². The van der Waals surface area contributed by atoms with Crippen LogP contribution in [0.1, 0.15) is 55.5 Å². The van der Waals surface area contributed by atoms with Gasteiger partial charge in [-0.1, -0.05) is 43.2 Å². The maximum atomic E-state index is 15.3. The number of piperazine rings is 1. The number of aromatic nitrogens is 2. The average molecular weight is 961 g/mol. The number of halogens is 3. The number of nitro groups is 1. The molecule has 5 heterocycles. The highest BCUT2D eigenvalue weighted by molar-refractivity contribution is 7.90. The minimum absolute atomic E-state index is 0.0463. The van der Waals surface area contributed by atoms with E-state index in [9.17, 15) is 23.3 Å². The first-order valence-electron chi connectivity index (χ1n) is 22.2. The van der Waals surface area contributed by atoms with Crippen LogP contribution in [-0.2, 0) is 19.5 Å². The Kier molecular flexibility index (Phi) is 12.9. The van der Waals surface area contributed by atoms with Crippen molar-refractivity contribution >= 4 is 72.6 Å². The minimum Gasteiger partial charge on any atom is -0.412 e. The molecule has 354 valence electrons. The Morgan fingerprint density at radius 2 is 1.78 bits per heavy atom. The molecule has 67 heavy (non-hydrogen) atoms. The van der Waals surface area contributed by atoms with Crippen molar-refractivity contribution in [2.75, 3.05) is 80.8 Å². The second-order valence-corrected chi connectivity index (χ2v) is 20.2. The first-order chi connectivity index (χ1) is 32.0. The number of fused-ring (bicyclic) bond motifs is 2. The number of hydrogen-bond acceptors (Lipinski definition) is 13. The molecule has 2 fully saturated rings. The summed E-state index contributed by atoms with van der Waals surface area (Å²) < 4.78 is 76.7. The van der Waals surface area contributed by atoms with Crippen molar-refractivity contribution in [3.63, 3.8) is 0 Å². The predicted octanol–water partition coefficient (Wildman–Crippen LogP) is 8.37. The number of hydrogen-bond donors (Lipinski definition) is 3. The Balaban J connectivity index is 1.01. The molecule has 3 aliphatic heterocycles. The van der Waals surface area contributed by atoms with Crippen molar-refractivity contribution in [3.05, 3.63) is 111 Å². The van der Waals surface area contributed by atoms with E-state index < -0.39 is 44.0 Å². The van der Waals surface area contributed by atoms with Gasteiger partial charge in [0.2, 0.25) is 5.88 Å². The van der Waals surface area contributed by atoms with Gasteiger partial charge in [-0.2, -0.15) is 13.8 Å². The van der Waals surface area contributed by atoms with E-state index in [0.29, 0.717) is 48.0 Å². The van der Waals surface area contributed by atoms with Crippen LogP contribution in [0.25, 0.3) is 16.6 Å². The van der Waals surface area contributed by atoms with Gasteiger partial charge in [0.25, 0.3) is 21.6 Å². The molecule has 5 aromatic rings. The van der Waals surface area contributed by atoms with Crippen molar-refractivity contribution in [2.45, 2.75) is 56.6 Å². The fourth-order valence-corrected chi connectivity index (χ4v) is 10.3. The second-order valence-electron chi connectivity index (χ2n) is 18.1. The molecule has 0 spiro atoms. The zero-order valence-corrected chi connectivity index (χ0v) is 38.6. The van der Waals surface area contributed by atoms with Gasteiger partial charge < -0.3 is 34.3 Å². The van der Waals surface area contributed by atoms with Crippen LogP contribution < -0.4 is 24.6 Å². The quantitative estimate of drug-likeness (QED) is 0.0802. The van der Waals surface area contributed by atoms with E-state index in [0.717, 1.165) is 51.0 Å². The summed E-state index contributed by atoms with van der Waals surface area (Å²) in [5.41, 5.74) is 4.76. The zero-order chi connectivity index (χ0) is 47.1. The van der Waals surface area contributed by atoms with E-state index in [-0.39, 0.29) is 59.7 Å². The van der Waals surface area contributed by atoms with E-state index in [4.69, 9.17) is 25.8 Å². The molecule has 4 aliphatic rings. The number of nitrogens with one attached hydrogen (secondary N) is 3. The number of nitrogens with zero attached hydrogens (tertiary/aromatic N) is 5.